The van der Waals surface area contributed by atoms with Crippen molar-refractivity contribution in [1.29, 1.82) is 0 Å². The van der Waals surface area contributed by atoms with E-state index in [9.17, 15) is 19.3 Å². The lowest BCUT2D eigenvalue weighted by atomic mass is 10.1. The van der Waals surface area contributed by atoms with Crippen molar-refractivity contribution in [2.45, 2.75) is 6.61 Å². The first kappa shape index (κ1) is 24.4. The highest BCUT2D eigenvalue weighted by atomic mass is 79.9. The molecule has 0 radical (unpaired) electrons. The Morgan fingerprint density at radius 1 is 1.15 bits per heavy atom. The molecular weight excluding hydrogens is 563 g/mol. The van der Waals surface area contributed by atoms with Crippen LogP contribution >= 0.6 is 31.9 Å². The van der Waals surface area contributed by atoms with Crippen LogP contribution in [-0.4, -0.2) is 17.9 Å². The topological polar surface area (TPSA) is 90.7 Å². The zero-order chi connectivity index (χ0) is 24.0. The molecule has 0 unspecified atom stereocenters. The van der Waals surface area contributed by atoms with Gasteiger partial charge in [0, 0.05) is 28.2 Å². The highest BCUT2D eigenvalue weighted by Crippen LogP contribution is 2.37. The van der Waals surface area contributed by atoms with Crippen LogP contribution in [0.3, 0.4) is 0 Å². The van der Waals surface area contributed by atoms with E-state index in [1.807, 2.05) is 0 Å². The van der Waals surface area contributed by atoms with Gasteiger partial charge in [-0.3, -0.25) is 14.9 Å². The van der Waals surface area contributed by atoms with E-state index >= 15 is 0 Å². The molecule has 0 aliphatic rings. The number of rotatable bonds is 8. The quantitative estimate of drug-likeness (QED) is 0.187. The van der Waals surface area contributed by atoms with Crippen molar-refractivity contribution in [1.82, 2.24) is 0 Å². The molecule has 170 valence electrons. The van der Waals surface area contributed by atoms with E-state index in [0.29, 0.717) is 37.3 Å². The number of carbonyl (C=O) groups is 1. The third kappa shape index (κ3) is 6.39. The first-order valence-electron chi connectivity index (χ1n) is 9.45. The van der Waals surface area contributed by atoms with Crippen LogP contribution in [-0.2, 0) is 11.4 Å². The van der Waals surface area contributed by atoms with E-state index in [2.05, 4.69) is 37.2 Å². The molecule has 0 fully saturated rings. The van der Waals surface area contributed by atoms with Crippen molar-refractivity contribution in [3.63, 3.8) is 0 Å². The summed E-state index contributed by atoms with van der Waals surface area (Å²) >= 11 is 6.63. The maximum atomic E-state index is 13.8. The summed E-state index contributed by atoms with van der Waals surface area (Å²) in [5, 5.41) is 13.5. The predicted molar refractivity (Wildman–Crippen MR) is 130 cm³/mol. The van der Waals surface area contributed by atoms with Crippen LogP contribution in [0, 0.1) is 15.9 Å². The van der Waals surface area contributed by atoms with E-state index in [4.69, 9.17) is 9.47 Å². The summed E-state index contributed by atoms with van der Waals surface area (Å²) in [5.41, 5.74) is 1.36. The molecule has 1 N–H and O–H groups in total. The normalized spacial score (nSPS) is 10.8. The summed E-state index contributed by atoms with van der Waals surface area (Å²) in [7, 11) is 1.48. The number of carbonyl (C=O) groups excluding carboxylic acids is 1. The number of non-ortho nitro benzene ring substituents is 1. The second-order valence-corrected chi connectivity index (χ2v) is 8.37. The van der Waals surface area contributed by atoms with E-state index in [1.165, 1.54) is 37.5 Å². The molecule has 10 heteroatoms. The van der Waals surface area contributed by atoms with Gasteiger partial charge in [-0.25, -0.2) is 4.39 Å². The molecule has 33 heavy (non-hydrogen) atoms. The number of ether oxygens (including phenoxy) is 2. The van der Waals surface area contributed by atoms with Crippen LogP contribution in [0.1, 0.15) is 11.1 Å². The van der Waals surface area contributed by atoms with E-state index < -0.39 is 10.8 Å². The Bertz CT molecular complexity index is 1230. The van der Waals surface area contributed by atoms with Gasteiger partial charge >= 0.3 is 0 Å². The average molecular weight is 580 g/mol. The second kappa shape index (κ2) is 11.1. The number of anilines is 1. The molecule has 0 spiro atoms. The number of hydrogen-bond acceptors (Lipinski definition) is 5. The summed E-state index contributed by atoms with van der Waals surface area (Å²) in [4.78, 5) is 22.6. The van der Waals surface area contributed by atoms with Gasteiger partial charge in [-0.1, -0.05) is 18.2 Å². The van der Waals surface area contributed by atoms with Gasteiger partial charge in [0.2, 0.25) is 5.91 Å². The number of methoxy groups -OCH3 is 1. The minimum Gasteiger partial charge on any atom is -0.493 e. The fourth-order valence-electron chi connectivity index (χ4n) is 2.81. The standard InChI is InChI=1S/C23H17Br2FN2O5/c1-32-21-11-14(10-18(25)23(21)33-13-15-4-2-3-5-19(15)26)6-9-22(29)27-20-8-7-16(28(30)31)12-17(20)24/h2-12H,13H2,1H3,(H,27,29)/b9-6+. The Hall–Kier alpha value is -3.24. The third-order valence-electron chi connectivity index (χ3n) is 4.43. The van der Waals surface area contributed by atoms with Gasteiger partial charge in [0.15, 0.2) is 11.5 Å². The van der Waals surface area contributed by atoms with Gasteiger partial charge in [-0.15, -0.1) is 0 Å². The molecule has 7 nitrogen and oxygen atoms in total. The molecule has 0 aliphatic heterocycles. The van der Waals surface area contributed by atoms with Crippen LogP contribution in [0.5, 0.6) is 11.5 Å². The van der Waals surface area contributed by atoms with E-state index in [-0.39, 0.29) is 18.1 Å². The molecule has 0 heterocycles. The molecule has 0 saturated carbocycles. The molecule has 0 saturated heterocycles. The van der Waals surface area contributed by atoms with Gasteiger partial charge in [0.1, 0.15) is 12.4 Å². The van der Waals surface area contributed by atoms with Crippen molar-refractivity contribution in [3.8, 4) is 11.5 Å². The number of benzene rings is 3. The second-order valence-electron chi connectivity index (χ2n) is 6.66. The fourth-order valence-corrected chi connectivity index (χ4v) is 3.85. The minimum absolute atomic E-state index is 0.0172. The van der Waals surface area contributed by atoms with Crippen LogP contribution < -0.4 is 14.8 Å². The highest BCUT2D eigenvalue weighted by Gasteiger charge is 2.13. The Morgan fingerprint density at radius 3 is 2.58 bits per heavy atom. The molecule has 3 aromatic carbocycles. The maximum Gasteiger partial charge on any atom is 0.270 e. The van der Waals surface area contributed by atoms with Gasteiger partial charge in [-0.2, -0.15) is 0 Å². The van der Waals surface area contributed by atoms with Gasteiger partial charge in [0.05, 0.1) is 22.2 Å². The molecule has 0 aromatic heterocycles. The summed E-state index contributed by atoms with van der Waals surface area (Å²) < 4.78 is 25.9. The predicted octanol–water partition coefficient (Wildman–Crippen LogP) is 6.50. The largest absolute Gasteiger partial charge is 0.493 e. The summed E-state index contributed by atoms with van der Waals surface area (Å²) in [6, 6.07) is 13.8. The van der Waals surface area contributed by atoms with Crippen LogP contribution in [0.4, 0.5) is 15.8 Å². The smallest absolute Gasteiger partial charge is 0.270 e. The number of halogens is 3. The highest BCUT2D eigenvalue weighted by molar-refractivity contribution is 9.11. The number of nitrogens with zero attached hydrogens (tertiary/aromatic N) is 1. The molecular formula is C23H17Br2FN2O5. The van der Waals surface area contributed by atoms with Crippen molar-refractivity contribution in [3.05, 3.63) is 96.7 Å². The lowest BCUT2D eigenvalue weighted by Gasteiger charge is -2.14. The van der Waals surface area contributed by atoms with E-state index in [1.54, 1.807) is 36.4 Å². The van der Waals surface area contributed by atoms with E-state index in [0.717, 1.165) is 0 Å². The van der Waals surface area contributed by atoms with Crippen molar-refractivity contribution < 1.29 is 23.6 Å². The molecule has 0 bridgehead atoms. The fraction of sp³-hybridized carbons (Fsp3) is 0.0870. The zero-order valence-corrected chi connectivity index (χ0v) is 20.4. The maximum absolute atomic E-state index is 13.8. The summed E-state index contributed by atoms with van der Waals surface area (Å²) in [6.45, 7) is 0.0172. The van der Waals surface area contributed by atoms with Gasteiger partial charge < -0.3 is 14.8 Å². The first-order valence-corrected chi connectivity index (χ1v) is 11.0. The van der Waals surface area contributed by atoms with Crippen LogP contribution in [0.15, 0.2) is 69.6 Å². The number of amides is 1. The van der Waals surface area contributed by atoms with Crippen LogP contribution in [0.2, 0.25) is 0 Å². The number of nitro groups is 1. The zero-order valence-electron chi connectivity index (χ0n) is 17.2. The Labute approximate surface area is 205 Å². The molecule has 0 aliphatic carbocycles. The van der Waals surface area contributed by atoms with Crippen molar-refractivity contribution >= 4 is 55.2 Å². The Morgan fingerprint density at radius 2 is 1.91 bits per heavy atom. The van der Waals surface area contributed by atoms with Crippen molar-refractivity contribution in [2.75, 3.05) is 12.4 Å². The summed E-state index contributed by atoms with van der Waals surface area (Å²) in [6.07, 6.45) is 2.89. The molecule has 3 aromatic rings. The van der Waals surface area contributed by atoms with Gasteiger partial charge in [0.25, 0.3) is 5.69 Å². The molecule has 1 amide bonds. The minimum atomic E-state index is -0.523. The lowest BCUT2D eigenvalue weighted by Crippen LogP contribution is -2.08. The van der Waals surface area contributed by atoms with Crippen molar-refractivity contribution in [2.24, 2.45) is 0 Å². The monoisotopic (exact) mass is 578 g/mol. The van der Waals surface area contributed by atoms with Crippen LogP contribution in [0.25, 0.3) is 6.08 Å². The lowest BCUT2D eigenvalue weighted by molar-refractivity contribution is -0.384. The number of nitro benzene ring substituents is 1. The summed E-state index contributed by atoms with van der Waals surface area (Å²) in [5.74, 6) is 0.00776. The number of hydrogen-bond donors (Lipinski definition) is 1. The SMILES string of the molecule is COc1cc(/C=C/C(=O)Nc2ccc([N+](=O)[O-])cc2Br)cc(Br)c1OCc1ccccc1F. The molecule has 0 atom stereocenters. The molecule has 3 rings (SSSR count). The Balaban J connectivity index is 1.72. The first-order chi connectivity index (χ1) is 15.8. The number of nitrogens with one attached hydrogen (secondary N) is 1. The Kier molecular flexibility index (Phi) is 8.18. The average Bonchev–Trinajstić information content (AvgIpc) is 2.78. The third-order valence-corrected chi connectivity index (χ3v) is 5.68. The van der Waals surface area contributed by atoms with Gasteiger partial charge in [-0.05, 0) is 67.8 Å².